The third-order valence-corrected chi connectivity index (χ3v) is 21.3. The average Bonchev–Trinajstić information content (AvgIpc) is 3.80. The second-order valence-electron chi connectivity index (χ2n) is 18.3. The molecular formula is C55H58N2Si. The van der Waals surface area contributed by atoms with Crippen molar-refractivity contribution in [2.45, 2.75) is 114 Å². The van der Waals surface area contributed by atoms with E-state index in [1.807, 2.05) is 5.20 Å². The molecule has 0 bridgehead atoms. The second kappa shape index (κ2) is 15.1. The van der Waals surface area contributed by atoms with E-state index in [2.05, 4.69) is 156 Å². The number of fused-ring (bicyclic) bond motifs is 6. The van der Waals surface area contributed by atoms with Crippen molar-refractivity contribution in [2.24, 2.45) is 5.92 Å². The third kappa shape index (κ3) is 5.86. The molecule has 5 aromatic rings. The number of allylic oxidation sites excluding steroid dienone is 15. The van der Waals surface area contributed by atoms with Gasteiger partial charge in [-0.25, -0.2) is 0 Å². The van der Waals surface area contributed by atoms with Crippen LogP contribution in [0.5, 0.6) is 0 Å². The molecule has 0 aliphatic heterocycles. The molecule has 292 valence electrons. The lowest BCUT2D eigenvalue weighted by Crippen LogP contribution is -2.50. The van der Waals surface area contributed by atoms with Crippen molar-refractivity contribution in [3.63, 3.8) is 0 Å². The zero-order valence-corrected chi connectivity index (χ0v) is 35.4. The molecule has 3 aromatic carbocycles. The van der Waals surface area contributed by atoms with E-state index in [0.717, 1.165) is 32.1 Å². The van der Waals surface area contributed by atoms with Crippen LogP contribution in [0.2, 0.25) is 11.1 Å². The Balaban J connectivity index is 1.07. The molecule has 5 unspecified atom stereocenters. The molecule has 0 spiro atoms. The molecule has 2 aromatic heterocycles. The van der Waals surface area contributed by atoms with Crippen LogP contribution in [0.25, 0.3) is 50.1 Å². The van der Waals surface area contributed by atoms with Crippen molar-refractivity contribution in [1.82, 2.24) is 9.13 Å². The first-order valence-corrected chi connectivity index (χ1v) is 25.0. The van der Waals surface area contributed by atoms with Gasteiger partial charge in [-0.05, 0) is 148 Å². The Morgan fingerprint density at radius 2 is 1.52 bits per heavy atom. The Kier molecular flexibility index (Phi) is 9.41. The van der Waals surface area contributed by atoms with Gasteiger partial charge in [0.1, 0.15) is 8.07 Å². The summed E-state index contributed by atoms with van der Waals surface area (Å²) < 4.78 is 5.37. The van der Waals surface area contributed by atoms with Crippen molar-refractivity contribution in [2.75, 3.05) is 0 Å². The summed E-state index contributed by atoms with van der Waals surface area (Å²) in [5.41, 5.74) is 12.6. The van der Waals surface area contributed by atoms with Crippen molar-refractivity contribution >= 4 is 58.1 Å². The Morgan fingerprint density at radius 1 is 0.655 bits per heavy atom. The van der Waals surface area contributed by atoms with Gasteiger partial charge in [0.25, 0.3) is 0 Å². The summed E-state index contributed by atoms with van der Waals surface area (Å²) in [4.78, 5) is 0. The highest BCUT2D eigenvalue weighted by Gasteiger charge is 2.52. The molecule has 0 fully saturated rings. The van der Waals surface area contributed by atoms with Crippen LogP contribution in [-0.4, -0.2) is 17.2 Å². The highest BCUT2D eigenvalue weighted by Crippen LogP contribution is 2.56. The van der Waals surface area contributed by atoms with Gasteiger partial charge in [-0.3, -0.25) is 0 Å². The Bertz CT molecular complexity index is 2680. The molecule has 0 saturated carbocycles. The molecule has 11 rings (SSSR count). The van der Waals surface area contributed by atoms with E-state index in [-0.39, 0.29) is 0 Å². The van der Waals surface area contributed by atoms with Crippen LogP contribution in [0.3, 0.4) is 0 Å². The summed E-state index contributed by atoms with van der Waals surface area (Å²) >= 11 is 0. The molecule has 0 amide bonds. The first-order valence-electron chi connectivity index (χ1n) is 22.8. The molecule has 0 N–H and O–H groups in total. The van der Waals surface area contributed by atoms with Crippen LogP contribution < -0.4 is 0 Å². The summed E-state index contributed by atoms with van der Waals surface area (Å²) in [7, 11) is -2.36. The highest BCUT2D eigenvalue weighted by atomic mass is 28.3. The quantitative estimate of drug-likeness (QED) is 0.115. The lowest BCUT2D eigenvalue weighted by atomic mass is 9.93. The third-order valence-electron chi connectivity index (χ3n) is 15.1. The summed E-state index contributed by atoms with van der Waals surface area (Å²) in [6.45, 7) is 2.45. The van der Waals surface area contributed by atoms with Crippen LogP contribution in [-0.2, 0) is 6.42 Å². The number of benzene rings is 3. The standard InChI is InChI=1S/C55H58N2Si/c1-39-18-11-14-29-51(39)57-53-31-16-13-28-48(53)50-38-46(33-35-54(50)57)58(43-22-7-3-8-23-43,44-24-9-4-10-25-44)45-26-17-19-40(36-45)41-32-34-49-47-27-12-15-30-52(47)56(55(49)37-41)42-20-5-2-6-21-42/h2-3,5,7,12-13,15-17,19,22,24,27-37,39,42,45-46H,4,6,8-11,14,18,20-21,23,25-26,38H2,1H3. The fraction of sp³-hybridized carbons (Fsp3) is 0.345. The maximum absolute atomic E-state index is 2.81. The van der Waals surface area contributed by atoms with Gasteiger partial charge in [0.2, 0.25) is 0 Å². The number of para-hydroxylation sites is 2. The Morgan fingerprint density at radius 3 is 2.34 bits per heavy atom. The summed E-state index contributed by atoms with van der Waals surface area (Å²) in [5.74, 6) is 0.581. The Hall–Kier alpha value is -4.86. The van der Waals surface area contributed by atoms with E-state index in [0.29, 0.717) is 23.0 Å². The normalized spacial score (nSPS) is 25.7. The minimum Gasteiger partial charge on any atom is -0.337 e. The predicted molar refractivity (Wildman–Crippen MR) is 251 cm³/mol. The van der Waals surface area contributed by atoms with Crippen molar-refractivity contribution in [3.05, 3.63) is 161 Å². The topological polar surface area (TPSA) is 9.86 Å². The molecule has 2 nitrogen and oxygen atoms in total. The maximum Gasteiger partial charge on any atom is 0.122 e. The molecule has 3 heteroatoms. The smallest absolute Gasteiger partial charge is 0.122 e. The predicted octanol–water partition coefficient (Wildman–Crippen LogP) is 15.3. The average molecular weight is 775 g/mol. The highest BCUT2D eigenvalue weighted by molar-refractivity contribution is 6.96. The molecule has 2 heterocycles. The van der Waals surface area contributed by atoms with Crippen LogP contribution in [0.4, 0.5) is 0 Å². The van der Waals surface area contributed by atoms with Crippen molar-refractivity contribution in [3.8, 4) is 0 Å². The first-order chi connectivity index (χ1) is 28.7. The van der Waals surface area contributed by atoms with Gasteiger partial charge in [0.05, 0.1) is 5.52 Å². The molecule has 5 atom stereocenters. The number of aromatic nitrogens is 2. The lowest BCUT2D eigenvalue weighted by Gasteiger charge is -2.49. The minimum absolute atomic E-state index is 0.502. The second-order valence-corrected chi connectivity index (χ2v) is 22.8. The zero-order chi connectivity index (χ0) is 38.6. The molecule has 58 heavy (non-hydrogen) atoms. The van der Waals surface area contributed by atoms with E-state index in [1.54, 1.807) is 10.8 Å². The first kappa shape index (κ1) is 36.2. The number of nitrogens with zero attached hydrogens (tertiary/aromatic N) is 2. The molecule has 0 saturated heterocycles. The van der Waals surface area contributed by atoms with Gasteiger partial charge in [0, 0.05) is 44.6 Å². The van der Waals surface area contributed by atoms with Crippen LogP contribution in [0, 0.1) is 5.92 Å². The summed E-state index contributed by atoms with van der Waals surface area (Å²) in [6, 6.07) is 26.4. The van der Waals surface area contributed by atoms with E-state index in [4.69, 9.17) is 0 Å². The van der Waals surface area contributed by atoms with Crippen molar-refractivity contribution < 1.29 is 0 Å². The van der Waals surface area contributed by atoms with E-state index >= 15 is 0 Å². The van der Waals surface area contributed by atoms with Crippen LogP contribution >= 0.6 is 0 Å². The summed E-state index contributed by atoms with van der Waals surface area (Å²) in [5, 5.41) is 7.90. The largest absolute Gasteiger partial charge is 0.337 e. The van der Waals surface area contributed by atoms with Gasteiger partial charge >= 0.3 is 0 Å². The van der Waals surface area contributed by atoms with E-state index in [9.17, 15) is 0 Å². The van der Waals surface area contributed by atoms with Crippen LogP contribution in [0.1, 0.15) is 113 Å². The SMILES string of the molecule is CC1CCCC=C1n1c2c(c3ccccc31)CC([Si](C1=CC=CCC1)(C1=CCCCC1)C1C=C(c3ccc4c5ccccc5n(C5CC=CCC5)c4c3)C=CC1)C=C2. The fourth-order valence-electron chi connectivity index (χ4n) is 12.5. The molecule has 6 aliphatic carbocycles. The molecular weight excluding hydrogens is 717 g/mol. The molecule has 0 radical (unpaired) electrons. The van der Waals surface area contributed by atoms with Crippen molar-refractivity contribution in [1.29, 1.82) is 0 Å². The van der Waals surface area contributed by atoms with E-state index in [1.165, 1.54) is 113 Å². The zero-order valence-electron chi connectivity index (χ0n) is 34.4. The van der Waals surface area contributed by atoms with Crippen LogP contribution in [0.15, 0.2) is 144 Å². The maximum atomic E-state index is 2.81. The lowest BCUT2D eigenvalue weighted by molar-refractivity contribution is 0.485. The Labute approximate surface area is 346 Å². The minimum atomic E-state index is -2.36. The van der Waals surface area contributed by atoms with E-state index < -0.39 is 8.07 Å². The van der Waals surface area contributed by atoms with Gasteiger partial charge in [-0.2, -0.15) is 0 Å². The van der Waals surface area contributed by atoms with Gasteiger partial charge in [-0.15, -0.1) is 0 Å². The number of hydrogen-bond acceptors (Lipinski definition) is 0. The molecule has 6 aliphatic rings. The fourth-order valence-corrected chi connectivity index (χ4v) is 19.3. The number of rotatable bonds is 7. The van der Waals surface area contributed by atoms with Gasteiger partial charge in [0.15, 0.2) is 0 Å². The van der Waals surface area contributed by atoms with Gasteiger partial charge in [-0.1, -0.05) is 133 Å². The van der Waals surface area contributed by atoms with Gasteiger partial charge < -0.3 is 9.13 Å². The number of hydrogen-bond donors (Lipinski definition) is 0. The summed E-state index contributed by atoms with van der Waals surface area (Å²) in [6.07, 6.45) is 47.8. The monoisotopic (exact) mass is 774 g/mol.